The fourth-order valence-electron chi connectivity index (χ4n) is 2.27. The first-order chi connectivity index (χ1) is 8.16. The SMILES string of the molecule is CN1CCCC1CNCc1ccc(Cl)c(Br)c1. The Bertz CT molecular complexity index is 384. The van der Waals surface area contributed by atoms with Crippen LogP contribution in [0, 0.1) is 0 Å². The summed E-state index contributed by atoms with van der Waals surface area (Å²) in [5.74, 6) is 0. The average Bonchev–Trinajstić information content (AvgIpc) is 2.70. The highest BCUT2D eigenvalue weighted by atomic mass is 79.9. The molecule has 1 unspecified atom stereocenters. The molecule has 1 N–H and O–H groups in total. The molecule has 4 heteroatoms. The Balaban J connectivity index is 1.79. The van der Waals surface area contributed by atoms with Crippen LogP contribution in [0.5, 0.6) is 0 Å². The van der Waals surface area contributed by atoms with Crippen LogP contribution in [0.4, 0.5) is 0 Å². The lowest BCUT2D eigenvalue weighted by Crippen LogP contribution is -2.35. The molecule has 0 aromatic heterocycles. The number of likely N-dealkylation sites (tertiary alicyclic amines) is 1. The lowest BCUT2D eigenvalue weighted by molar-refractivity contribution is 0.300. The van der Waals surface area contributed by atoms with E-state index >= 15 is 0 Å². The van der Waals surface area contributed by atoms with Gasteiger partial charge in [0.1, 0.15) is 0 Å². The van der Waals surface area contributed by atoms with Crippen molar-refractivity contribution in [2.24, 2.45) is 0 Å². The van der Waals surface area contributed by atoms with Crippen LogP contribution >= 0.6 is 27.5 Å². The molecule has 1 aliphatic heterocycles. The third kappa shape index (κ3) is 3.68. The van der Waals surface area contributed by atoms with E-state index in [9.17, 15) is 0 Å². The minimum absolute atomic E-state index is 0.700. The minimum Gasteiger partial charge on any atom is -0.311 e. The van der Waals surface area contributed by atoms with Crippen molar-refractivity contribution in [3.05, 3.63) is 33.3 Å². The van der Waals surface area contributed by atoms with Gasteiger partial charge in [0.25, 0.3) is 0 Å². The van der Waals surface area contributed by atoms with Crippen molar-refractivity contribution in [3.63, 3.8) is 0 Å². The predicted octanol–water partition coefficient (Wildman–Crippen LogP) is 3.29. The Morgan fingerprint density at radius 3 is 3.00 bits per heavy atom. The summed E-state index contributed by atoms with van der Waals surface area (Å²) in [6.45, 7) is 3.20. The molecule has 0 spiro atoms. The summed E-state index contributed by atoms with van der Waals surface area (Å²) in [6, 6.07) is 6.78. The van der Waals surface area contributed by atoms with Gasteiger partial charge in [-0.25, -0.2) is 0 Å². The largest absolute Gasteiger partial charge is 0.311 e. The van der Waals surface area contributed by atoms with Crippen LogP contribution in [0.15, 0.2) is 22.7 Å². The van der Waals surface area contributed by atoms with E-state index in [2.05, 4.69) is 45.3 Å². The Hall–Kier alpha value is -0.0900. The molecule has 1 fully saturated rings. The number of benzene rings is 1. The smallest absolute Gasteiger partial charge is 0.0548 e. The van der Waals surface area contributed by atoms with Crippen molar-refractivity contribution >= 4 is 27.5 Å². The van der Waals surface area contributed by atoms with Crippen LogP contribution in [0.1, 0.15) is 18.4 Å². The molecule has 0 amide bonds. The molecule has 2 nitrogen and oxygen atoms in total. The van der Waals surface area contributed by atoms with Gasteiger partial charge < -0.3 is 10.2 Å². The minimum atomic E-state index is 0.700. The van der Waals surface area contributed by atoms with Gasteiger partial charge in [-0.2, -0.15) is 0 Å². The van der Waals surface area contributed by atoms with E-state index in [4.69, 9.17) is 11.6 Å². The predicted molar refractivity (Wildman–Crippen MR) is 76.5 cm³/mol. The van der Waals surface area contributed by atoms with E-state index in [1.165, 1.54) is 24.9 Å². The molecule has 1 saturated heterocycles. The van der Waals surface area contributed by atoms with Gasteiger partial charge in [-0.1, -0.05) is 17.7 Å². The molecule has 0 bridgehead atoms. The van der Waals surface area contributed by atoms with Gasteiger partial charge in [0, 0.05) is 23.6 Å². The Kier molecular flexibility index (Phi) is 4.86. The molecule has 94 valence electrons. The quantitative estimate of drug-likeness (QED) is 0.917. The Labute approximate surface area is 116 Å². The van der Waals surface area contributed by atoms with Crippen LogP contribution in [0.2, 0.25) is 5.02 Å². The lowest BCUT2D eigenvalue weighted by Gasteiger charge is -2.19. The van der Waals surface area contributed by atoms with Gasteiger partial charge >= 0.3 is 0 Å². The molecular formula is C13H18BrClN2. The Morgan fingerprint density at radius 1 is 1.53 bits per heavy atom. The normalized spacial score (nSPS) is 21.0. The summed E-state index contributed by atoms with van der Waals surface area (Å²) in [6.07, 6.45) is 2.64. The molecule has 1 aromatic rings. The summed E-state index contributed by atoms with van der Waals surface area (Å²) >= 11 is 9.41. The summed E-state index contributed by atoms with van der Waals surface area (Å²) in [5, 5.41) is 4.28. The van der Waals surface area contributed by atoms with Crippen molar-refractivity contribution in [1.29, 1.82) is 0 Å². The molecule has 0 aliphatic carbocycles. The molecular weight excluding hydrogens is 300 g/mol. The Morgan fingerprint density at radius 2 is 2.35 bits per heavy atom. The van der Waals surface area contributed by atoms with E-state index in [-0.39, 0.29) is 0 Å². The molecule has 1 heterocycles. The number of halogens is 2. The standard InChI is InChI=1S/C13H18BrClN2/c1-17-6-2-3-11(17)9-16-8-10-4-5-13(15)12(14)7-10/h4-5,7,11,16H,2-3,6,8-9H2,1H3. The van der Waals surface area contributed by atoms with Crippen molar-refractivity contribution in [2.45, 2.75) is 25.4 Å². The second-order valence-electron chi connectivity index (χ2n) is 4.66. The fraction of sp³-hybridized carbons (Fsp3) is 0.538. The van der Waals surface area contributed by atoms with Gasteiger partial charge in [-0.3, -0.25) is 0 Å². The van der Waals surface area contributed by atoms with Crippen LogP contribution in [-0.4, -0.2) is 31.1 Å². The third-order valence-electron chi connectivity index (χ3n) is 3.36. The van der Waals surface area contributed by atoms with Crippen LogP contribution in [0.3, 0.4) is 0 Å². The van der Waals surface area contributed by atoms with Crippen LogP contribution < -0.4 is 5.32 Å². The first kappa shape index (κ1) is 13.3. The number of likely N-dealkylation sites (N-methyl/N-ethyl adjacent to an activating group) is 1. The number of nitrogens with one attached hydrogen (secondary N) is 1. The van der Waals surface area contributed by atoms with Crippen LogP contribution in [-0.2, 0) is 6.54 Å². The second kappa shape index (κ2) is 6.19. The highest BCUT2D eigenvalue weighted by Gasteiger charge is 2.19. The van der Waals surface area contributed by atoms with Gasteiger partial charge in [-0.15, -0.1) is 0 Å². The maximum absolute atomic E-state index is 5.96. The molecule has 0 radical (unpaired) electrons. The highest BCUT2D eigenvalue weighted by Crippen LogP contribution is 2.23. The van der Waals surface area contributed by atoms with E-state index < -0.39 is 0 Å². The van der Waals surface area contributed by atoms with E-state index in [1.807, 2.05) is 6.07 Å². The first-order valence-electron chi connectivity index (χ1n) is 6.01. The highest BCUT2D eigenvalue weighted by molar-refractivity contribution is 9.10. The van der Waals surface area contributed by atoms with Crippen molar-refractivity contribution in [1.82, 2.24) is 10.2 Å². The number of nitrogens with zero attached hydrogens (tertiary/aromatic N) is 1. The zero-order valence-electron chi connectivity index (χ0n) is 10.0. The molecule has 0 saturated carbocycles. The maximum atomic E-state index is 5.96. The zero-order valence-corrected chi connectivity index (χ0v) is 12.4. The number of hydrogen-bond acceptors (Lipinski definition) is 2. The zero-order chi connectivity index (χ0) is 12.3. The molecule has 2 rings (SSSR count). The fourth-order valence-corrected chi connectivity index (χ4v) is 2.81. The van der Waals surface area contributed by atoms with E-state index in [0.29, 0.717) is 6.04 Å². The molecule has 1 atom stereocenters. The molecule has 1 aromatic carbocycles. The summed E-state index contributed by atoms with van der Waals surface area (Å²) in [7, 11) is 2.21. The van der Waals surface area contributed by atoms with Gasteiger partial charge in [-0.05, 0) is 60.1 Å². The molecule has 1 aliphatic rings. The van der Waals surface area contributed by atoms with Crippen molar-refractivity contribution in [2.75, 3.05) is 20.1 Å². The van der Waals surface area contributed by atoms with E-state index in [0.717, 1.165) is 22.6 Å². The monoisotopic (exact) mass is 316 g/mol. The van der Waals surface area contributed by atoms with Crippen molar-refractivity contribution < 1.29 is 0 Å². The third-order valence-corrected chi connectivity index (χ3v) is 4.58. The number of rotatable bonds is 4. The number of hydrogen-bond donors (Lipinski definition) is 1. The maximum Gasteiger partial charge on any atom is 0.0548 e. The second-order valence-corrected chi connectivity index (χ2v) is 5.92. The van der Waals surface area contributed by atoms with Gasteiger partial charge in [0.05, 0.1) is 5.02 Å². The lowest BCUT2D eigenvalue weighted by atomic mass is 10.2. The van der Waals surface area contributed by atoms with Crippen LogP contribution in [0.25, 0.3) is 0 Å². The molecule has 17 heavy (non-hydrogen) atoms. The summed E-state index contributed by atoms with van der Waals surface area (Å²) < 4.78 is 0.969. The van der Waals surface area contributed by atoms with Crippen molar-refractivity contribution in [3.8, 4) is 0 Å². The van der Waals surface area contributed by atoms with Gasteiger partial charge in [0.15, 0.2) is 0 Å². The average molecular weight is 318 g/mol. The summed E-state index contributed by atoms with van der Waals surface area (Å²) in [4.78, 5) is 2.44. The summed E-state index contributed by atoms with van der Waals surface area (Å²) in [5.41, 5.74) is 1.27. The van der Waals surface area contributed by atoms with E-state index in [1.54, 1.807) is 0 Å². The topological polar surface area (TPSA) is 15.3 Å². The van der Waals surface area contributed by atoms with Gasteiger partial charge in [0.2, 0.25) is 0 Å². The first-order valence-corrected chi connectivity index (χ1v) is 7.19.